The summed E-state index contributed by atoms with van der Waals surface area (Å²) in [5, 5.41) is 9.47. The Balaban J connectivity index is 1.29. The molecule has 7 rings (SSSR count). The van der Waals surface area contributed by atoms with Gasteiger partial charge in [-0.05, 0) is 75.0 Å². The van der Waals surface area contributed by atoms with Crippen molar-refractivity contribution in [2.45, 2.75) is 101 Å². The van der Waals surface area contributed by atoms with Crippen molar-refractivity contribution in [3.05, 3.63) is 63.2 Å². The Hall–Kier alpha value is -3.26. The normalized spacial score (nSPS) is 30.3. The fraction of sp³-hybridized carbons (Fsp3) is 0.562. The molecule has 1 aromatic carbocycles. The van der Waals surface area contributed by atoms with Crippen molar-refractivity contribution >= 4 is 17.0 Å². The van der Waals surface area contributed by atoms with Crippen LogP contribution in [0.1, 0.15) is 76.7 Å². The molecule has 40 heavy (non-hydrogen) atoms. The highest BCUT2D eigenvalue weighted by atomic mass is 16.4. The Kier molecular flexibility index (Phi) is 6.61. The maximum Gasteiger partial charge on any atom is 0.323 e. The number of aliphatic carboxylic acids is 1. The lowest BCUT2D eigenvalue weighted by Gasteiger charge is -2.55. The molecule has 0 spiro atoms. The Morgan fingerprint density at radius 2 is 1.50 bits per heavy atom. The second-order valence-electron chi connectivity index (χ2n) is 12.7. The molecule has 4 atom stereocenters. The van der Waals surface area contributed by atoms with Gasteiger partial charge in [-0.3, -0.25) is 23.9 Å². The SMILES string of the molecule is O=C(O)Cn1c(-c2nc3ccccc3n(C3C[C@@H]4CCC[C@@H](C3)N4C3C[C@H]4CCC[C@H](C3)C4)c2=O)cccc1=O. The van der Waals surface area contributed by atoms with Gasteiger partial charge in [0.05, 0.1) is 16.7 Å². The lowest BCUT2D eigenvalue weighted by molar-refractivity contribution is -0.137. The Bertz CT molecular complexity index is 1530. The smallest absolute Gasteiger partial charge is 0.323 e. The third kappa shape index (κ3) is 4.50. The van der Waals surface area contributed by atoms with E-state index in [-0.39, 0.29) is 23.0 Å². The topological polar surface area (TPSA) is 97.4 Å². The minimum absolute atomic E-state index is 0.0390. The van der Waals surface area contributed by atoms with Gasteiger partial charge in [0, 0.05) is 30.2 Å². The molecule has 210 valence electrons. The molecule has 2 aliphatic carbocycles. The number of carboxylic acid groups (broad SMARTS) is 1. The zero-order valence-corrected chi connectivity index (χ0v) is 23.0. The van der Waals surface area contributed by atoms with Crippen LogP contribution in [0.3, 0.4) is 0 Å². The van der Waals surface area contributed by atoms with Crippen molar-refractivity contribution in [3.63, 3.8) is 0 Å². The first-order chi connectivity index (χ1) is 19.5. The van der Waals surface area contributed by atoms with E-state index in [1.54, 1.807) is 12.1 Å². The minimum atomic E-state index is -1.14. The summed E-state index contributed by atoms with van der Waals surface area (Å²) < 4.78 is 3.07. The summed E-state index contributed by atoms with van der Waals surface area (Å²) in [6.07, 6.45) is 13.8. The summed E-state index contributed by atoms with van der Waals surface area (Å²) in [6.45, 7) is -0.519. The van der Waals surface area contributed by atoms with E-state index >= 15 is 0 Å². The van der Waals surface area contributed by atoms with E-state index in [0.717, 1.165) is 34.8 Å². The zero-order chi connectivity index (χ0) is 27.4. The van der Waals surface area contributed by atoms with Crippen LogP contribution < -0.4 is 11.1 Å². The summed E-state index contributed by atoms with van der Waals surface area (Å²) in [5.74, 6) is 0.641. The van der Waals surface area contributed by atoms with Crippen LogP contribution in [0.15, 0.2) is 52.1 Å². The number of carbonyl (C=O) groups is 1. The highest BCUT2D eigenvalue weighted by molar-refractivity contribution is 5.78. The van der Waals surface area contributed by atoms with Gasteiger partial charge in [0.1, 0.15) is 6.54 Å². The van der Waals surface area contributed by atoms with E-state index in [9.17, 15) is 19.5 Å². The highest BCUT2D eigenvalue weighted by Gasteiger charge is 2.45. The predicted octanol–water partition coefficient (Wildman–Crippen LogP) is 4.84. The number of carboxylic acids is 1. The van der Waals surface area contributed by atoms with Crippen molar-refractivity contribution in [1.29, 1.82) is 0 Å². The average molecular weight is 543 g/mol. The van der Waals surface area contributed by atoms with Gasteiger partial charge in [0.25, 0.3) is 11.1 Å². The van der Waals surface area contributed by atoms with Crippen molar-refractivity contribution in [3.8, 4) is 11.4 Å². The van der Waals surface area contributed by atoms with E-state index in [4.69, 9.17) is 4.98 Å². The van der Waals surface area contributed by atoms with Crippen LogP contribution in [-0.2, 0) is 11.3 Å². The quantitative estimate of drug-likeness (QED) is 0.496. The molecule has 4 aliphatic rings. The monoisotopic (exact) mass is 542 g/mol. The first-order valence-corrected chi connectivity index (χ1v) is 15.2. The van der Waals surface area contributed by atoms with Crippen molar-refractivity contribution in [1.82, 2.24) is 19.0 Å². The number of hydrogen-bond acceptors (Lipinski definition) is 5. The van der Waals surface area contributed by atoms with E-state index in [1.807, 2.05) is 28.8 Å². The van der Waals surface area contributed by atoms with E-state index in [0.29, 0.717) is 23.6 Å². The van der Waals surface area contributed by atoms with Gasteiger partial charge in [-0.2, -0.15) is 0 Å². The molecule has 4 bridgehead atoms. The van der Waals surface area contributed by atoms with Crippen LogP contribution in [0.5, 0.6) is 0 Å². The number of rotatable bonds is 5. The van der Waals surface area contributed by atoms with Crippen LogP contribution in [0.4, 0.5) is 0 Å². The molecule has 2 saturated carbocycles. The fourth-order valence-electron chi connectivity index (χ4n) is 8.84. The first kappa shape index (κ1) is 25.7. The number of para-hydroxylation sites is 2. The summed E-state index contributed by atoms with van der Waals surface area (Å²) in [4.78, 5) is 46.1. The molecule has 1 N–H and O–H groups in total. The van der Waals surface area contributed by atoms with Crippen molar-refractivity contribution in [2.24, 2.45) is 11.8 Å². The summed E-state index contributed by atoms with van der Waals surface area (Å²) in [7, 11) is 0. The second kappa shape index (κ2) is 10.3. The Morgan fingerprint density at radius 1 is 0.800 bits per heavy atom. The van der Waals surface area contributed by atoms with Crippen molar-refractivity contribution in [2.75, 3.05) is 0 Å². The minimum Gasteiger partial charge on any atom is -0.480 e. The van der Waals surface area contributed by atoms with Gasteiger partial charge in [-0.25, -0.2) is 4.98 Å². The third-order valence-electron chi connectivity index (χ3n) is 10.3. The Morgan fingerprint density at radius 3 is 2.23 bits per heavy atom. The van der Waals surface area contributed by atoms with Gasteiger partial charge in [-0.1, -0.05) is 43.9 Å². The maximum absolute atomic E-state index is 14.3. The van der Waals surface area contributed by atoms with Crippen LogP contribution in [0, 0.1) is 11.8 Å². The van der Waals surface area contributed by atoms with Gasteiger partial charge < -0.3 is 9.67 Å². The average Bonchev–Trinajstić information content (AvgIpc) is 2.93. The number of piperidine rings is 2. The molecule has 3 aromatic rings. The lowest BCUT2D eigenvalue weighted by Crippen LogP contribution is -2.58. The highest BCUT2D eigenvalue weighted by Crippen LogP contribution is 2.47. The molecule has 4 fully saturated rings. The third-order valence-corrected chi connectivity index (χ3v) is 10.3. The number of fused-ring (bicyclic) bond motifs is 5. The number of pyridine rings is 1. The summed E-state index contributed by atoms with van der Waals surface area (Å²) in [5.41, 5.74) is 1.19. The summed E-state index contributed by atoms with van der Waals surface area (Å²) in [6, 6.07) is 13.9. The predicted molar refractivity (Wildman–Crippen MR) is 153 cm³/mol. The van der Waals surface area contributed by atoms with Crippen LogP contribution >= 0.6 is 0 Å². The fourth-order valence-corrected chi connectivity index (χ4v) is 8.84. The molecule has 2 aliphatic heterocycles. The standard InChI is InChI=1S/C32H38N4O4/c37-29-13-5-12-28(34(29)19-30(38)39)31-32(40)36(27-11-2-1-10-26(27)33-31)25-17-22-8-4-9-23(18-25)35(22)24-15-20-6-3-7-21(14-20)16-24/h1-2,5,10-13,20-25H,3-4,6-9,14-19H2,(H,38,39)/t20-,21-,22-,23-/m0/s1. The largest absolute Gasteiger partial charge is 0.480 e. The maximum atomic E-state index is 14.3. The lowest BCUT2D eigenvalue weighted by atomic mass is 9.68. The van der Waals surface area contributed by atoms with E-state index in [1.165, 1.54) is 63.9 Å². The van der Waals surface area contributed by atoms with Gasteiger partial charge in [-0.15, -0.1) is 0 Å². The number of aromatic nitrogens is 3. The second-order valence-corrected chi connectivity index (χ2v) is 12.7. The molecule has 2 aromatic heterocycles. The first-order valence-electron chi connectivity index (χ1n) is 15.2. The molecular weight excluding hydrogens is 504 g/mol. The number of hydrogen-bond donors (Lipinski definition) is 1. The molecule has 0 unspecified atom stereocenters. The summed E-state index contributed by atoms with van der Waals surface area (Å²) >= 11 is 0. The van der Waals surface area contributed by atoms with Gasteiger partial charge in [0.2, 0.25) is 0 Å². The molecule has 4 heterocycles. The zero-order valence-electron chi connectivity index (χ0n) is 23.0. The van der Waals surface area contributed by atoms with Crippen LogP contribution in [0.25, 0.3) is 22.4 Å². The number of nitrogens with zero attached hydrogens (tertiary/aromatic N) is 4. The molecule has 0 radical (unpaired) electrons. The van der Waals surface area contributed by atoms with Gasteiger partial charge >= 0.3 is 5.97 Å². The molecule has 0 amide bonds. The van der Waals surface area contributed by atoms with Crippen LogP contribution in [-0.4, -0.2) is 48.2 Å². The molecular formula is C32H38N4O4. The Labute approximate surface area is 233 Å². The van der Waals surface area contributed by atoms with Gasteiger partial charge in [0.15, 0.2) is 5.69 Å². The molecule has 8 nitrogen and oxygen atoms in total. The van der Waals surface area contributed by atoms with E-state index < -0.39 is 18.1 Å². The number of benzene rings is 1. The molecule has 2 saturated heterocycles. The van der Waals surface area contributed by atoms with E-state index in [2.05, 4.69) is 4.90 Å². The van der Waals surface area contributed by atoms with Crippen LogP contribution in [0.2, 0.25) is 0 Å². The molecule has 8 heteroatoms. The van der Waals surface area contributed by atoms with Crippen molar-refractivity contribution < 1.29 is 9.90 Å².